The van der Waals surface area contributed by atoms with E-state index < -0.39 is 28.9 Å². The summed E-state index contributed by atoms with van der Waals surface area (Å²) in [6, 6.07) is 6.44. The molecule has 4 fully saturated rings. The first-order valence-electron chi connectivity index (χ1n) is 20.0. The van der Waals surface area contributed by atoms with Gasteiger partial charge in [0.05, 0.1) is 17.9 Å². The topological polar surface area (TPSA) is 113 Å². The smallest absolute Gasteiger partial charge is 0.309 e. The fourth-order valence-electron chi connectivity index (χ4n) is 13.1. The van der Waals surface area contributed by atoms with Gasteiger partial charge >= 0.3 is 11.9 Å². The third-order valence-corrected chi connectivity index (χ3v) is 16.1. The summed E-state index contributed by atoms with van der Waals surface area (Å²) >= 11 is 0. The largest absolute Gasteiger partial charge is 0.481 e. The molecule has 3 N–H and O–H groups in total. The van der Waals surface area contributed by atoms with Crippen LogP contribution < -0.4 is 5.32 Å². The molecule has 8 heteroatoms. The van der Waals surface area contributed by atoms with Crippen molar-refractivity contribution in [2.45, 2.75) is 145 Å². The maximum absolute atomic E-state index is 14.0. The molecule has 0 bridgehead atoms. The molecule has 0 saturated heterocycles. The number of allylic oxidation sites excluding steroid dienone is 1. The number of aliphatic carboxylic acids is 1. The predicted octanol–water partition coefficient (Wildman–Crippen LogP) is 8.67. The molecule has 0 heterocycles. The third-order valence-electron chi connectivity index (χ3n) is 16.1. The van der Waals surface area contributed by atoms with Crippen LogP contribution in [0.5, 0.6) is 0 Å². The normalized spacial score (nSPS) is 37.5. The van der Waals surface area contributed by atoms with Crippen molar-refractivity contribution in [1.29, 1.82) is 0 Å². The summed E-state index contributed by atoms with van der Waals surface area (Å²) in [6.45, 7) is 20.4. The lowest BCUT2D eigenvalue weighted by Crippen LogP contribution is -2.66. The molecule has 0 amide bonds. The number of carbonyl (C=O) groups excluding carboxylic acids is 2. The van der Waals surface area contributed by atoms with E-state index in [2.05, 4.69) is 53.8 Å². The lowest BCUT2D eigenvalue weighted by molar-refractivity contribution is -0.235. The monoisotopic (exact) mass is 721 g/mol. The molecule has 1 aromatic carbocycles. The summed E-state index contributed by atoms with van der Waals surface area (Å²) in [5.41, 5.74) is 1.22. The van der Waals surface area contributed by atoms with Crippen molar-refractivity contribution in [2.75, 3.05) is 6.54 Å². The quantitative estimate of drug-likeness (QED) is 0.207. The number of carboxylic acid groups (broad SMARTS) is 1. The van der Waals surface area contributed by atoms with Gasteiger partial charge in [-0.25, -0.2) is 4.39 Å². The number of nitrogens with one attached hydrogen (secondary N) is 1. The van der Waals surface area contributed by atoms with Gasteiger partial charge in [0.25, 0.3) is 0 Å². The molecule has 9 atom stereocenters. The van der Waals surface area contributed by atoms with Gasteiger partial charge in [0.15, 0.2) is 5.78 Å². The Hall–Kier alpha value is -2.58. The maximum Gasteiger partial charge on any atom is 0.309 e. The zero-order valence-corrected chi connectivity index (χ0v) is 33.2. The highest BCUT2D eigenvalue weighted by Gasteiger charge is 2.70. The first-order valence-corrected chi connectivity index (χ1v) is 20.0. The van der Waals surface area contributed by atoms with Crippen LogP contribution in [0.2, 0.25) is 0 Å². The molecule has 6 rings (SSSR count). The second-order valence-corrected chi connectivity index (χ2v) is 19.8. The number of hydrogen-bond acceptors (Lipinski definition) is 6. The van der Waals surface area contributed by atoms with Crippen LogP contribution in [0.4, 0.5) is 4.39 Å². The van der Waals surface area contributed by atoms with E-state index in [0.29, 0.717) is 31.3 Å². The number of rotatable bonds is 10. The molecule has 288 valence electrons. The Bertz CT molecular complexity index is 1610. The maximum atomic E-state index is 14.0. The highest BCUT2D eigenvalue weighted by molar-refractivity contribution is 6.00. The molecular weight excluding hydrogens is 657 g/mol. The van der Waals surface area contributed by atoms with Gasteiger partial charge in [0, 0.05) is 30.3 Å². The summed E-state index contributed by atoms with van der Waals surface area (Å²) in [5.74, 6) is -0.356. The van der Waals surface area contributed by atoms with Crippen LogP contribution in [0, 0.1) is 62.0 Å². The van der Waals surface area contributed by atoms with Crippen molar-refractivity contribution >= 4 is 17.7 Å². The number of halogens is 1. The van der Waals surface area contributed by atoms with Crippen molar-refractivity contribution in [3.05, 3.63) is 46.8 Å². The Labute approximate surface area is 310 Å². The SMILES string of the molecule is CC(C)C1=C2[C@H]3CC[C@@H]4[C@@]5(C)CC[C@H](OC(=O)CC(C)(C)C(=O)O)C(C)(C)[C@@H]5CC[C@@]4(C)[C@]3(C)CC[C@]2([C@H](O)CNCc2ccc(F)cc2)CC1=O. The van der Waals surface area contributed by atoms with Crippen LogP contribution in [0.1, 0.15) is 132 Å². The minimum Gasteiger partial charge on any atom is -0.481 e. The van der Waals surface area contributed by atoms with Gasteiger partial charge in [-0.2, -0.15) is 0 Å². The Morgan fingerprint density at radius 2 is 1.62 bits per heavy atom. The third kappa shape index (κ3) is 6.01. The summed E-state index contributed by atoms with van der Waals surface area (Å²) in [7, 11) is 0. The second kappa shape index (κ2) is 13.3. The van der Waals surface area contributed by atoms with Gasteiger partial charge in [-0.05, 0) is 128 Å². The molecule has 0 unspecified atom stereocenters. The van der Waals surface area contributed by atoms with Gasteiger partial charge in [-0.1, -0.05) is 66.2 Å². The van der Waals surface area contributed by atoms with Crippen LogP contribution in [-0.2, 0) is 25.7 Å². The molecule has 52 heavy (non-hydrogen) atoms. The first-order chi connectivity index (χ1) is 24.1. The number of carbonyl (C=O) groups is 3. The van der Waals surface area contributed by atoms with Crippen molar-refractivity contribution in [3.8, 4) is 0 Å². The zero-order chi connectivity index (χ0) is 38.2. The number of aliphatic hydroxyl groups is 1. The summed E-state index contributed by atoms with van der Waals surface area (Å²) in [5, 5.41) is 25.1. The van der Waals surface area contributed by atoms with Crippen molar-refractivity contribution in [3.63, 3.8) is 0 Å². The minimum atomic E-state index is -1.17. The number of fused-ring (bicyclic) bond motifs is 7. The predicted molar refractivity (Wildman–Crippen MR) is 199 cm³/mol. The number of esters is 1. The minimum absolute atomic E-state index is 0.0327. The number of aliphatic hydroxyl groups excluding tert-OH is 1. The molecule has 0 aliphatic heterocycles. The molecule has 5 aliphatic carbocycles. The molecule has 0 radical (unpaired) electrons. The number of carboxylic acids is 1. The molecule has 4 saturated carbocycles. The average molecular weight is 722 g/mol. The fourth-order valence-corrected chi connectivity index (χ4v) is 13.1. The number of Topliss-reactive ketones (excluding diaryl/α,β-unsaturated/α-hetero) is 1. The van der Waals surface area contributed by atoms with E-state index in [4.69, 9.17) is 4.74 Å². The standard InChI is InChI=1S/C44H64FNO6/c1-26(2)36-30(47)22-44(33(48)25-46-24-27-10-12-28(45)13-11-27)21-20-42(8)29(37(36)44)14-15-32-41(7)18-17-34(52-35(49)23-39(3,4)38(50)51)40(5,6)31(41)16-19-43(32,42)9/h10-13,26,29,31-34,46,48H,14-25H2,1-9H3,(H,50,51)/t29-,31+,32-,33-,34+,41+,42-,43-,44-/m1/s1. The van der Waals surface area contributed by atoms with E-state index in [1.165, 1.54) is 17.7 Å². The zero-order valence-electron chi connectivity index (χ0n) is 33.2. The van der Waals surface area contributed by atoms with E-state index in [1.54, 1.807) is 26.0 Å². The Balaban J connectivity index is 1.26. The lowest BCUT2D eigenvalue weighted by atomic mass is 9.33. The summed E-state index contributed by atoms with van der Waals surface area (Å²) in [4.78, 5) is 38.8. The van der Waals surface area contributed by atoms with E-state index in [0.717, 1.165) is 62.5 Å². The van der Waals surface area contributed by atoms with Crippen LogP contribution in [0.25, 0.3) is 0 Å². The van der Waals surface area contributed by atoms with Crippen LogP contribution in [-0.4, -0.2) is 46.7 Å². The Morgan fingerprint density at radius 3 is 2.25 bits per heavy atom. The molecular formula is C44H64FNO6. The molecule has 7 nitrogen and oxygen atoms in total. The van der Waals surface area contributed by atoms with Crippen LogP contribution in [0.15, 0.2) is 35.4 Å². The number of ketones is 1. The highest BCUT2D eigenvalue weighted by atomic mass is 19.1. The summed E-state index contributed by atoms with van der Waals surface area (Å²) < 4.78 is 19.6. The molecule has 5 aliphatic rings. The van der Waals surface area contributed by atoms with Gasteiger partial charge in [-0.15, -0.1) is 0 Å². The molecule has 1 aromatic rings. The second-order valence-electron chi connectivity index (χ2n) is 19.8. The number of ether oxygens (including phenoxy) is 1. The number of hydrogen-bond donors (Lipinski definition) is 3. The Kier molecular flexibility index (Phi) is 10.0. The van der Waals surface area contributed by atoms with Crippen molar-refractivity contribution < 1.29 is 33.7 Å². The molecule has 0 spiro atoms. The number of benzene rings is 1. The Morgan fingerprint density at radius 1 is 0.942 bits per heavy atom. The van der Waals surface area contributed by atoms with E-state index in [9.17, 15) is 29.0 Å². The van der Waals surface area contributed by atoms with Crippen LogP contribution in [0.3, 0.4) is 0 Å². The highest BCUT2D eigenvalue weighted by Crippen LogP contribution is 2.77. The summed E-state index contributed by atoms with van der Waals surface area (Å²) in [6.07, 6.45) is 6.91. The van der Waals surface area contributed by atoms with Gasteiger partial charge in [-0.3, -0.25) is 14.4 Å². The van der Waals surface area contributed by atoms with Gasteiger partial charge in [0.2, 0.25) is 0 Å². The van der Waals surface area contributed by atoms with E-state index in [-0.39, 0.29) is 57.6 Å². The molecule has 0 aromatic heterocycles. The first kappa shape index (κ1) is 39.1. The van der Waals surface area contributed by atoms with Crippen LogP contribution >= 0.6 is 0 Å². The van der Waals surface area contributed by atoms with Gasteiger partial charge in [0.1, 0.15) is 11.9 Å². The fraction of sp³-hybridized carbons (Fsp3) is 0.750. The van der Waals surface area contributed by atoms with E-state index >= 15 is 0 Å². The van der Waals surface area contributed by atoms with Crippen molar-refractivity contribution in [2.24, 2.45) is 56.2 Å². The van der Waals surface area contributed by atoms with Crippen molar-refractivity contribution in [1.82, 2.24) is 5.32 Å². The van der Waals surface area contributed by atoms with E-state index in [1.807, 2.05) is 0 Å². The van der Waals surface area contributed by atoms with Gasteiger partial charge < -0.3 is 20.3 Å². The average Bonchev–Trinajstić information content (AvgIpc) is 3.36. The lowest BCUT2D eigenvalue weighted by Gasteiger charge is -2.72.